The Labute approximate surface area is 86.3 Å². The van der Waals surface area contributed by atoms with Gasteiger partial charge in [0, 0.05) is 5.69 Å². The third-order valence-corrected chi connectivity index (χ3v) is 2.68. The average molecular weight is 187 g/mol. The van der Waals surface area contributed by atoms with Crippen molar-refractivity contribution in [2.75, 3.05) is 5.73 Å². The van der Waals surface area contributed by atoms with E-state index in [4.69, 9.17) is 12.2 Å². The average Bonchev–Trinajstić information content (AvgIpc) is 2.13. The molecule has 0 aliphatic heterocycles. The van der Waals surface area contributed by atoms with Crippen molar-refractivity contribution in [2.24, 2.45) is 0 Å². The molecule has 1 nitrogen and oxygen atoms in total. The molecule has 0 heterocycles. The minimum atomic E-state index is -0.219. The molecule has 0 fully saturated rings. The Morgan fingerprint density at radius 2 is 1.64 bits per heavy atom. The zero-order chi connectivity index (χ0) is 10.9. The Bertz CT molecular complexity index is 371. The Balaban J connectivity index is 3.35. The number of terminal acetylenes is 1. The van der Waals surface area contributed by atoms with Gasteiger partial charge in [0.2, 0.25) is 0 Å². The molecule has 0 saturated heterocycles. The fraction of sp³-hybridized carbons (Fsp3) is 0.385. The second-order valence-electron chi connectivity index (χ2n) is 4.29. The minimum Gasteiger partial charge on any atom is -0.398 e. The topological polar surface area (TPSA) is 26.0 Å². The summed E-state index contributed by atoms with van der Waals surface area (Å²) in [7, 11) is 0. The van der Waals surface area contributed by atoms with Crippen LogP contribution in [0, 0.1) is 26.2 Å². The summed E-state index contributed by atoms with van der Waals surface area (Å²) in [5.41, 5.74) is 9.88. The lowest BCUT2D eigenvalue weighted by atomic mass is 9.83. The predicted molar refractivity (Wildman–Crippen MR) is 62.2 cm³/mol. The number of nitrogen functional groups attached to an aromatic ring is 1. The van der Waals surface area contributed by atoms with Crippen molar-refractivity contribution in [3.05, 3.63) is 28.8 Å². The molecular weight excluding hydrogens is 170 g/mol. The molecule has 0 atom stereocenters. The van der Waals surface area contributed by atoms with E-state index < -0.39 is 0 Å². The first-order valence-electron chi connectivity index (χ1n) is 4.73. The van der Waals surface area contributed by atoms with Crippen LogP contribution in [0.2, 0.25) is 0 Å². The fourth-order valence-electron chi connectivity index (χ4n) is 1.42. The molecule has 74 valence electrons. The number of hydrogen-bond acceptors (Lipinski definition) is 1. The van der Waals surface area contributed by atoms with Gasteiger partial charge in [0.15, 0.2) is 0 Å². The van der Waals surface area contributed by atoms with E-state index in [0.717, 1.165) is 22.4 Å². The molecule has 0 bridgehead atoms. The van der Waals surface area contributed by atoms with Gasteiger partial charge < -0.3 is 5.73 Å². The second kappa shape index (κ2) is 3.38. The molecule has 0 aliphatic carbocycles. The van der Waals surface area contributed by atoms with Crippen LogP contribution < -0.4 is 5.73 Å². The third kappa shape index (κ3) is 1.75. The van der Waals surface area contributed by atoms with Gasteiger partial charge in [0.25, 0.3) is 0 Å². The monoisotopic (exact) mass is 187 g/mol. The molecule has 0 saturated carbocycles. The van der Waals surface area contributed by atoms with E-state index in [2.05, 4.69) is 18.1 Å². The SMILES string of the molecule is C#CC(C)(C)c1cc(C)c(N)c(C)c1. The van der Waals surface area contributed by atoms with Gasteiger partial charge >= 0.3 is 0 Å². The van der Waals surface area contributed by atoms with Gasteiger partial charge in [-0.1, -0.05) is 18.1 Å². The van der Waals surface area contributed by atoms with Crippen LogP contribution >= 0.6 is 0 Å². The van der Waals surface area contributed by atoms with Crippen LogP contribution in [0.5, 0.6) is 0 Å². The summed E-state index contributed by atoms with van der Waals surface area (Å²) in [6, 6.07) is 4.14. The van der Waals surface area contributed by atoms with Gasteiger partial charge in [-0.05, 0) is 44.4 Å². The predicted octanol–water partition coefficient (Wildman–Crippen LogP) is 2.80. The maximum absolute atomic E-state index is 5.88. The Kier molecular flexibility index (Phi) is 2.57. The molecule has 1 aromatic rings. The zero-order valence-electron chi connectivity index (χ0n) is 9.31. The molecule has 1 rings (SSSR count). The van der Waals surface area contributed by atoms with E-state index in [1.54, 1.807) is 0 Å². The number of rotatable bonds is 1. The van der Waals surface area contributed by atoms with Gasteiger partial charge in [-0.3, -0.25) is 0 Å². The minimum absolute atomic E-state index is 0.219. The van der Waals surface area contributed by atoms with Crippen LogP contribution in [0.4, 0.5) is 5.69 Å². The van der Waals surface area contributed by atoms with Gasteiger partial charge in [0.05, 0.1) is 5.41 Å². The molecule has 0 spiro atoms. The number of benzene rings is 1. The number of hydrogen-bond donors (Lipinski definition) is 1. The normalized spacial score (nSPS) is 11.1. The second-order valence-corrected chi connectivity index (χ2v) is 4.29. The Hall–Kier alpha value is -1.42. The number of nitrogens with two attached hydrogens (primary N) is 1. The van der Waals surface area contributed by atoms with Gasteiger partial charge in [-0.15, -0.1) is 6.42 Å². The van der Waals surface area contributed by atoms with Gasteiger partial charge in [0.1, 0.15) is 0 Å². The van der Waals surface area contributed by atoms with E-state index in [0.29, 0.717) is 0 Å². The molecule has 0 aliphatic rings. The van der Waals surface area contributed by atoms with E-state index >= 15 is 0 Å². The summed E-state index contributed by atoms with van der Waals surface area (Å²) in [4.78, 5) is 0. The summed E-state index contributed by atoms with van der Waals surface area (Å²) >= 11 is 0. The first-order valence-corrected chi connectivity index (χ1v) is 4.73. The van der Waals surface area contributed by atoms with Crippen molar-refractivity contribution in [3.63, 3.8) is 0 Å². The first kappa shape index (κ1) is 10.7. The van der Waals surface area contributed by atoms with Crippen molar-refractivity contribution in [2.45, 2.75) is 33.1 Å². The maximum Gasteiger partial charge on any atom is 0.0504 e. The van der Waals surface area contributed by atoms with Gasteiger partial charge in [-0.25, -0.2) is 0 Å². The molecular formula is C13H17N. The molecule has 14 heavy (non-hydrogen) atoms. The van der Waals surface area contributed by atoms with Crippen molar-refractivity contribution < 1.29 is 0 Å². The molecule has 0 amide bonds. The maximum atomic E-state index is 5.88. The summed E-state index contributed by atoms with van der Waals surface area (Å²) in [5, 5.41) is 0. The highest BCUT2D eigenvalue weighted by atomic mass is 14.6. The fourth-order valence-corrected chi connectivity index (χ4v) is 1.42. The van der Waals surface area contributed by atoms with Crippen molar-refractivity contribution in [1.29, 1.82) is 0 Å². The summed E-state index contributed by atoms with van der Waals surface area (Å²) in [6.45, 7) is 8.10. The lowest BCUT2D eigenvalue weighted by molar-refractivity contribution is 0.698. The molecule has 2 N–H and O–H groups in total. The van der Waals surface area contributed by atoms with Gasteiger partial charge in [-0.2, -0.15) is 0 Å². The van der Waals surface area contributed by atoms with Crippen LogP contribution in [0.3, 0.4) is 0 Å². The number of aryl methyl sites for hydroxylation is 2. The Morgan fingerprint density at radius 1 is 1.21 bits per heavy atom. The van der Waals surface area contributed by atoms with Crippen LogP contribution in [-0.4, -0.2) is 0 Å². The first-order chi connectivity index (χ1) is 6.38. The quantitative estimate of drug-likeness (QED) is 0.531. The van der Waals surface area contributed by atoms with Crippen molar-refractivity contribution in [1.82, 2.24) is 0 Å². The Morgan fingerprint density at radius 3 is 2.00 bits per heavy atom. The highest BCUT2D eigenvalue weighted by Crippen LogP contribution is 2.27. The van der Waals surface area contributed by atoms with Crippen molar-refractivity contribution >= 4 is 5.69 Å². The van der Waals surface area contributed by atoms with Crippen LogP contribution in [-0.2, 0) is 5.41 Å². The lowest BCUT2D eigenvalue weighted by Gasteiger charge is -2.20. The number of anilines is 1. The highest BCUT2D eigenvalue weighted by molar-refractivity contribution is 5.56. The van der Waals surface area contributed by atoms with E-state index in [1.807, 2.05) is 27.7 Å². The van der Waals surface area contributed by atoms with Crippen LogP contribution in [0.25, 0.3) is 0 Å². The summed E-state index contributed by atoms with van der Waals surface area (Å²) < 4.78 is 0. The van der Waals surface area contributed by atoms with Crippen LogP contribution in [0.1, 0.15) is 30.5 Å². The summed E-state index contributed by atoms with van der Waals surface area (Å²) in [6.07, 6.45) is 5.50. The van der Waals surface area contributed by atoms with E-state index in [-0.39, 0.29) is 5.41 Å². The summed E-state index contributed by atoms with van der Waals surface area (Å²) in [5.74, 6) is 2.79. The van der Waals surface area contributed by atoms with Crippen molar-refractivity contribution in [3.8, 4) is 12.3 Å². The molecule has 0 radical (unpaired) electrons. The third-order valence-electron chi connectivity index (χ3n) is 2.68. The van der Waals surface area contributed by atoms with Crippen LogP contribution in [0.15, 0.2) is 12.1 Å². The highest BCUT2D eigenvalue weighted by Gasteiger charge is 2.18. The standard InChI is InChI=1S/C13H17N/c1-6-13(4,5)11-7-9(2)12(14)10(3)8-11/h1,7-8H,14H2,2-5H3. The van der Waals surface area contributed by atoms with E-state index in [9.17, 15) is 0 Å². The molecule has 0 aromatic heterocycles. The lowest BCUT2D eigenvalue weighted by Crippen LogP contribution is -2.14. The molecule has 1 aromatic carbocycles. The smallest absolute Gasteiger partial charge is 0.0504 e. The molecule has 0 unspecified atom stereocenters. The largest absolute Gasteiger partial charge is 0.398 e. The van der Waals surface area contributed by atoms with E-state index in [1.165, 1.54) is 0 Å². The zero-order valence-corrected chi connectivity index (χ0v) is 9.31. The molecule has 1 heteroatoms.